The van der Waals surface area contributed by atoms with Gasteiger partial charge in [0, 0.05) is 64.8 Å². The van der Waals surface area contributed by atoms with Crippen LogP contribution in [0.3, 0.4) is 0 Å². The van der Waals surface area contributed by atoms with E-state index in [1.54, 1.807) is 7.05 Å². The number of likely N-dealkylation sites (tertiary alicyclic amines) is 1. The highest BCUT2D eigenvalue weighted by Gasteiger charge is 2.33. The lowest BCUT2D eigenvalue weighted by Gasteiger charge is -2.36. The number of rotatable bonds is 6. The van der Waals surface area contributed by atoms with E-state index in [9.17, 15) is 19.7 Å². The Bertz CT molecular complexity index is 1360. The fraction of sp³-hybridized carbons (Fsp3) is 0.480. The molecule has 3 heterocycles. The molecule has 37 heavy (non-hydrogen) atoms. The molecule has 0 radical (unpaired) electrons. The number of carbonyl (C=O) groups is 2. The van der Waals surface area contributed by atoms with Crippen molar-refractivity contribution in [3.63, 3.8) is 0 Å². The minimum Gasteiger partial charge on any atom is -0.387 e. The van der Waals surface area contributed by atoms with Crippen LogP contribution in [0.1, 0.15) is 52.9 Å². The fourth-order valence-corrected chi connectivity index (χ4v) is 4.84. The van der Waals surface area contributed by atoms with Crippen molar-refractivity contribution in [1.29, 1.82) is 0 Å². The maximum atomic E-state index is 13.7. The number of nitrogens with zero attached hydrogens (tertiary/aromatic N) is 4. The number of hydrogen-bond acceptors (Lipinski definition) is 8. The van der Waals surface area contributed by atoms with Crippen LogP contribution in [0, 0.1) is 10.1 Å². The molecule has 1 aromatic heterocycles. The molecule has 0 spiro atoms. The smallest absolute Gasteiger partial charge is 0.294 e. The Hall–Kier alpha value is -3.25. The molecule has 0 aliphatic carbocycles. The molecule has 1 aromatic carbocycles. The van der Waals surface area contributed by atoms with Crippen molar-refractivity contribution in [2.75, 3.05) is 43.8 Å². The largest absolute Gasteiger partial charge is 0.387 e. The van der Waals surface area contributed by atoms with E-state index >= 15 is 0 Å². The van der Waals surface area contributed by atoms with Crippen LogP contribution >= 0.6 is 15.9 Å². The third-order valence-electron chi connectivity index (χ3n) is 6.00. The zero-order valence-corrected chi connectivity index (χ0v) is 22.2. The van der Waals surface area contributed by atoms with Crippen LogP contribution in [0.25, 0.3) is 0 Å². The van der Waals surface area contributed by atoms with E-state index in [0.717, 1.165) is 0 Å². The Morgan fingerprint density at radius 2 is 1.92 bits per heavy atom. The van der Waals surface area contributed by atoms with Crippen LogP contribution in [-0.4, -0.2) is 82.9 Å². The molecule has 2 saturated heterocycles. The number of hydrogen-bond donors (Lipinski definition) is 2. The predicted molar refractivity (Wildman–Crippen MR) is 143 cm³/mol. The number of nitro groups is 1. The number of pyridine rings is 1. The maximum Gasteiger partial charge on any atom is 0.294 e. The van der Waals surface area contributed by atoms with E-state index in [0.29, 0.717) is 10.6 Å². The molecule has 4 rings (SSSR count). The third-order valence-corrected chi connectivity index (χ3v) is 6.46. The van der Waals surface area contributed by atoms with Crippen molar-refractivity contribution in [2.45, 2.75) is 44.9 Å². The van der Waals surface area contributed by atoms with Gasteiger partial charge in [-0.2, -0.15) is 0 Å². The Balaban J connectivity index is 1.75. The van der Waals surface area contributed by atoms with Gasteiger partial charge < -0.3 is 25.2 Å². The van der Waals surface area contributed by atoms with Crippen LogP contribution in [0.4, 0.5) is 17.1 Å². The summed E-state index contributed by atoms with van der Waals surface area (Å²) in [7, 11) is 1.62. The van der Waals surface area contributed by atoms with Gasteiger partial charge in [-0.1, -0.05) is 15.9 Å². The topological polar surface area (TPSA) is 130 Å². The van der Waals surface area contributed by atoms with Gasteiger partial charge >= 0.3 is 0 Å². The van der Waals surface area contributed by atoms with Crippen LogP contribution in [-0.2, 0) is 4.74 Å². The molecular formula is C25H31BrN6O5. The molecule has 12 heteroatoms. The predicted octanol–water partition coefficient (Wildman–Crippen LogP) is 3.76. The summed E-state index contributed by atoms with van der Waals surface area (Å²) < 4.78 is 40.8. The normalized spacial score (nSPS) is 26.2. The van der Waals surface area contributed by atoms with E-state index in [1.165, 1.54) is 35.5 Å². The number of nitrogens with one attached hydrogen (secondary N) is 2. The van der Waals surface area contributed by atoms with Crippen molar-refractivity contribution in [3.05, 3.63) is 56.3 Å². The molecule has 2 aliphatic heterocycles. The molecule has 0 saturated carbocycles. The quantitative estimate of drug-likeness (QED) is 0.391. The second kappa shape index (κ2) is 11.4. The molecule has 2 N–H and O–H groups in total. The first-order chi connectivity index (χ1) is 19.1. The first-order valence-electron chi connectivity index (χ1n) is 13.8. The number of halogens is 1. The summed E-state index contributed by atoms with van der Waals surface area (Å²) in [6, 6.07) is 2.76. The lowest BCUT2D eigenvalue weighted by molar-refractivity contribution is -0.384. The van der Waals surface area contributed by atoms with Crippen molar-refractivity contribution in [2.24, 2.45) is 0 Å². The Morgan fingerprint density at radius 3 is 2.59 bits per heavy atom. The standard InChI is InChI=1S/C25H31BrN6O5/c1-15-12-31(13-16(2)37-15)25(34)21-8-18(26)9-22(32(35)36)23(21)29-19-5-4-6-30(14-19)24(33)17-7-20(27-3)11-28-10-17/h7-11,15-16,19,27,29H,4-6,12-14H2,1-3H3/t15-,16+,19-/m1/s1/i6D2,14D2. The van der Waals surface area contributed by atoms with Crippen LogP contribution in [0.5, 0.6) is 0 Å². The number of amides is 2. The summed E-state index contributed by atoms with van der Waals surface area (Å²) in [6.07, 6.45) is 1.78. The number of anilines is 2. The van der Waals surface area contributed by atoms with Gasteiger partial charge in [0.05, 0.1) is 36.7 Å². The van der Waals surface area contributed by atoms with Gasteiger partial charge in [0.2, 0.25) is 0 Å². The molecule has 11 nitrogen and oxygen atoms in total. The molecule has 2 fully saturated rings. The van der Waals surface area contributed by atoms with E-state index in [2.05, 4.69) is 31.5 Å². The number of carbonyl (C=O) groups excluding carboxylic acids is 2. The molecule has 0 bridgehead atoms. The minimum atomic E-state index is -2.67. The molecule has 2 amide bonds. The summed E-state index contributed by atoms with van der Waals surface area (Å²) in [5.41, 5.74) is -0.293. The lowest BCUT2D eigenvalue weighted by Crippen LogP contribution is -2.48. The Kier molecular flexibility index (Phi) is 6.73. The van der Waals surface area contributed by atoms with Crippen molar-refractivity contribution in [3.8, 4) is 0 Å². The highest BCUT2D eigenvalue weighted by molar-refractivity contribution is 9.10. The van der Waals surface area contributed by atoms with E-state index in [-0.39, 0.29) is 59.4 Å². The van der Waals surface area contributed by atoms with E-state index in [1.807, 2.05) is 13.8 Å². The van der Waals surface area contributed by atoms with Crippen molar-refractivity contribution in [1.82, 2.24) is 14.8 Å². The van der Waals surface area contributed by atoms with Crippen LogP contribution in [0.15, 0.2) is 35.1 Å². The zero-order chi connectivity index (χ0) is 30.3. The third kappa shape index (κ3) is 6.19. The highest BCUT2D eigenvalue weighted by atomic mass is 79.9. The zero-order valence-electron chi connectivity index (χ0n) is 24.7. The molecule has 2 aliphatic rings. The second-order valence-corrected chi connectivity index (χ2v) is 9.86. The molecule has 198 valence electrons. The maximum absolute atomic E-state index is 13.7. The van der Waals surface area contributed by atoms with Gasteiger partial charge in [-0.15, -0.1) is 0 Å². The monoisotopic (exact) mass is 578 g/mol. The van der Waals surface area contributed by atoms with Gasteiger partial charge in [0.1, 0.15) is 5.69 Å². The van der Waals surface area contributed by atoms with E-state index in [4.69, 9.17) is 10.2 Å². The highest BCUT2D eigenvalue weighted by Crippen LogP contribution is 2.35. The molecule has 3 atom stereocenters. The second-order valence-electron chi connectivity index (χ2n) is 8.95. The number of morpholine rings is 1. The van der Waals surface area contributed by atoms with Crippen LogP contribution < -0.4 is 10.6 Å². The molecule has 0 unspecified atom stereocenters. The van der Waals surface area contributed by atoms with Gasteiger partial charge in [-0.3, -0.25) is 24.7 Å². The number of piperidine rings is 1. The first kappa shape index (κ1) is 21.8. The number of nitro benzene ring substituents is 1. The first-order valence-corrected chi connectivity index (χ1v) is 12.6. The van der Waals surface area contributed by atoms with Gasteiger partial charge in [-0.05, 0) is 38.8 Å². The van der Waals surface area contributed by atoms with Crippen molar-refractivity contribution >= 4 is 44.8 Å². The number of ether oxygens (including phenoxy) is 1. The average Bonchev–Trinajstić information content (AvgIpc) is 2.89. The summed E-state index contributed by atoms with van der Waals surface area (Å²) in [4.78, 5) is 44.7. The minimum absolute atomic E-state index is 0.0358. The average molecular weight is 579 g/mol. The van der Waals surface area contributed by atoms with Gasteiger partial charge in [0.15, 0.2) is 0 Å². The molecular weight excluding hydrogens is 544 g/mol. The Morgan fingerprint density at radius 1 is 1.19 bits per heavy atom. The Labute approximate surface area is 229 Å². The van der Waals surface area contributed by atoms with Gasteiger partial charge in [-0.25, -0.2) is 0 Å². The summed E-state index contributed by atoms with van der Waals surface area (Å²) in [6.45, 7) is -0.895. The van der Waals surface area contributed by atoms with E-state index < -0.39 is 41.5 Å². The van der Waals surface area contributed by atoms with Crippen LogP contribution in [0.2, 0.25) is 0 Å². The van der Waals surface area contributed by atoms with Gasteiger partial charge in [0.25, 0.3) is 17.5 Å². The summed E-state index contributed by atoms with van der Waals surface area (Å²) in [5.74, 6) is -1.44. The summed E-state index contributed by atoms with van der Waals surface area (Å²) in [5, 5.41) is 17.8. The number of benzene rings is 1. The fourth-order valence-electron chi connectivity index (χ4n) is 4.39. The molecule has 2 aromatic rings. The lowest BCUT2D eigenvalue weighted by atomic mass is 10.0. The number of aromatic nitrogens is 1. The SMILES string of the molecule is [2H]C1([2H])CC[C@@H](Nc2c(C(=O)N3C[C@@H](C)O[C@@H](C)C3)cc(Br)cc2[N+](=O)[O-])C([2H])([2H])N1C(=O)c1cncc(NC)c1. The van der Waals surface area contributed by atoms with Crippen molar-refractivity contribution < 1.29 is 24.7 Å². The summed E-state index contributed by atoms with van der Waals surface area (Å²) >= 11 is 3.25.